The van der Waals surface area contributed by atoms with E-state index in [2.05, 4.69) is 22.2 Å². The number of carbonyl (C=O) groups is 1. The molecule has 6 heteroatoms. The van der Waals surface area contributed by atoms with Crippen molar-refractivity contribution >= 4 is 17.4 Å². The van der Waals surface area contributed by atoms with Gasteiger partial charge in [-0.3, -0.25) is 0 Å². The van der Waals surface area contributed by atoms with Crippen molar-refractivity contribution < 1.29 is 9.18 Å². The molecule has 3 rings (SSSR count). The standard InChI is InChI=1S/C17H25FN4O/c1-20-7-4-10-22(12-11-20)17(23)19-14-5-6-16(15(18)13-14)21-8-2-3-9-21/h5-6,13H,2-4,7-12H2,1H3,(H,19,23). The highest BCUT2D eigenvalue weighted by atomic mass is 19.1. The zero-order chi connectivity index (χ0) is 16.2. The number of carbonyl (C=O) groups excluding carboxylic acids is 1. The smallest absolute Gasteiger partial charge is 0.321 e. The van der Waals surface area contributed by atoms with Crippen LogP contribution in [0.1, 0.15) is 19.3 Å². The molecule has 0 aliphatic carbocycles. The maximum absolute atomic E-state index is 14.3. The molecule has 1 aromatic carbocycles. The number of benzene rings is 1. The number of amides is 2. The molecule has 126 valence electrons. The zero-order valence-corrected chi connectivity index (χ0v) is 13.7. The quantitative estimate of drug-likeness (QED) is 0.910. The van der Waals surface area contributed by atoms with Gasteiger partial charge >= 0.3 is 6.03 Å². The number of urea groups is 1. The summed E-state index contributed by atoms with van der Waals surface area (Å²) < 4.78 is 14.3. The van der Waals surface area contributed by atoms with E-state index in [1.807, 2.05) is 0 Å². The van der Waals surface area contributed by atoms with Crippen molar-refractivity contribution in [2.75, 3.05) is 56.5 Å². The third kappa shape index (κ3) is 3.93. The lowest BCUT2D eigenvalue weighted by molar-refractivity contribution is 0.213. The molecule has 0 bridgehead atoms. The second-order valence-corrected chi connectivity index (χ2v) is 6.43. The summed E-state index contributed by atoms with van der Waals surface area (Å²) in [5, 5.41) is 2.82. The molecular weight excluding hydrogens is 295 g/mol. The molecule has 0 spiro atoms. The van der Waals surface area contributed by atoms with Gasteiger partial charge in [0.2, 0.25) is 0 Å². The van der Waals surface area contributed by atoms with Gasteiger partial charge in [-0.15, -0.1) is 0 Å². The van der Waals surface area contributed by atoms with Gasteiger partial charge in [-0.2, -0.15) is 0 Å². The van der Waals surface area contributed by atoms with Crippen LogP contribution in [0.15, 0.2) is 18.2 Å². The number of hydrogen-bond acceptors (Lipinski definition) is 3. The average Bonchev–Trinajstić information content (AvgIpc) is 2.96. The van der Waals surface area contributed by atoms with Gasteiger partial charge < -0.3 is 20.0 Å². The van der Waals surface area contributed by atoms with Crippen molar-refractivity contribution in [1.82, 2.24) is 9.80 Å². The summed E-state index contributed by atoms with van der Waals surface area (Å²) in [4.78, 5) is 18.4. The van der Waals surface area contributed by atoms with Crippen LogP contribution in [-0.4, -0.2) is 62.1 Å². The SMILES string of the molecule is CN1CCCN(C(=O)Nc2ccc(N3CCCC3)c(F)c2)CC1. The van der Waals surface area contributed by atoms with E-state index in [1.54, 1.807) is 17.0 Å². The van der Waals surface area contributed by atoms with Gasteiger partial charge in [0.05, 0.1) is 5.69 Å². The summed E-state index contributed by atoms with van der Waals surface area (Å²) in [7, 11) is 2.06. The molecule has 0 aromatic heterocycles. The molecule has 2 saturated heterocycles. The molecule has 0 radical (unpaired) electrons. The van der Waals surface area contributed by atoms with Gasteiger partial charge in [0, 0.05) is 38.4 Å². The molecule has 2 aliphatic rings. The molecule has 2 amide bonds. The maximum Gasteiger partial charge on any atom is 0.321 e. The summed E-state index contributed by atoms with van der Waals surface area (Å²) in [6.45, 7) is 5.13. The van der Waals surface area contributed by atoms with Gasteiger partial charge in [-0.25, -0.2) is 9.18 Å². The van der Waals surface area contributed by atoms with Crippen LogP contribution < -0.4 is 10.2 Å². The molecule has 1 N–H and O–H groups in total. The van der Waals surface area contributed by atoms with Crippen molar-refractivity contribution in [3.05, 3.63) is 24.0 Å². The minimum atomic E-state index is -0.264. The van der Waals surface area contributed by atoms with Crippen LogP contribution in [0.5, 0.6) is 0 Å². The summed E-state index contributed by atoms with van der Waals surface area (Å²) in [6, 6.07) is 4.84. The Labute approximate surface area is 137 Å². The first-order valence-corrected chi connectivity index (χ1v) is 8.42. The molecule has 23 heavy (non-hydrogen) atoms. The Morgan fingerprint density at radius 3 is 2.57 bits per heavy atom. The Morgan fingerprint density at radius 2 is 1.83 bits per heavy atom. The lowest BCUT2D eigenvalue weighted by Gasteiger charge is -2.22. The number of anilines is 2. The van der Waals surface area contributed by atoms with Crippen molar-refractivity contribution in [3.63, 3.8) is 0 Å². The van der Waals surface area contributed by atoms with E-state index < -0.39 is 0 Å². The van der Waals surface area contributed by atoms with Crippen molar-refractivity contribution in [2.24, 2.45) is 0 Å². The van der Waals surface area contributed by atoms with Gasteiger partial charge in [0.1, 0.15) is 5.82 Å². The Bertz CT molecular complexity index is 560. The first-order valence-electron chi connectivity index (χ1n) is 8.42. The van der Waals surface area contributed by atoms with E-state index in [0.717, 1.165) is 52.0 Å². The zero-order valence-electron chi connectivity index (χ0n) is 13.7. The van der Waals surface area contributed by atoms with E-state index in [-0.39, 0.29) is 11.8 Å². The molecule has 2 fully saturated rings. The average molecular weight is 320 g/mol. The minimum Gasteiger partial charge on any atom is -0.369 e. The molecule has 5 nitrogen and oxygen atoms in total. The monoisotopic (exact) mass is 320 g/mol. The first-order chi connectivity index (χ1) is 11.1. The second-order valence-electron chi connectivity index (χ2n) is 6.43. The van der Waals surface area contributed by atoms with Crippen LogP contribution in [0.4, 0.5) is 20.6 Å². The van der Waals surface area contributed by atoms with Crippen LogP contribution in [-0.2, 0) is 0 Å². The number of hydrogen-bond donors (Lipinski definition) is 1. The van der Waals surface area contributed by atoms with Crippen LogP contribution in [0.3, 0.4) is 0 Å². The molecule has 1 aromatic rings. The second kappa shape index (κ2) is 7.17. The van der Waals surface area contributed by atoms with E-state index in [4.69, 9.17) is 0 Å². The first kappa shape index (κ1) is 16.1. The van der Waals surface area contributed by atoms with E-state index in [9.17, 15) is 9.18 Å². The lowest BCUT2D eigenvalue weighted by Crippen LogP contribution is -2.37. The third-order valence-electron chi connectivity index (χ3n) is 4.65. The van der Waals surface area contributed by atoms with E-state index in [1.165, 1.54) is 6.07 Å². The fourth-order valence-corrected chi connectivity index (χ4v) is 3.25. The summed E-state index contributed by atoms with van der Waals surface area (Å²) in [5.41, 5.74) is 1.16. The Kier molecular flexibility index (Phi) is 5.00. The van der Waals surface area contributed by atoms with Crippen molar-refractivity contribution in [1.29, 1.82) is 0 Å². The molecular formula is C17H25FN4O. The fourth-order valence-electron chi connectivity index (χ4n) is 3.25. The van der Waals surface area contributed by atoms with E-state index >= 15 is 0 Å². The predicted molar refractivity (Wildman–Crippen MR) is 90.6 cm³/mol. The molecule has 0 unspecified atom stereocenters. The van der Waals surface area contributed by atoms with Gasteiger partial charge in [0.25, 0.3) is 0 Å². The molecule has 2 heterocycles. The number of halogens is 1. The molecule has 0 atom stereocenters. The number of nitrogens with one attached hydrogen (secondary N) is 1. The largest absolute Gasteiger partial charge is 0.369 e. The highest BCUT2D eigenvalue weighted by Crippen LogP contribution is 2.26. The van der Waals surface area contributed by atoms with Crippen molar-refractivity contribution in [2.45, 2.75) is 19.3 Å². The maximum atomic E-state index is 14.3. The van der Waals surface area contributed by atoms with Crippen LogP contribution in [0.25, 0.3) is 0 Å². The molecule has 2 aliphatic heterocycles. The number of rotatable bonds is 2. The lowest BCUT2D eigenvalue weighted by atomic mass is 10.2. The predicted octanol–water partition coefficient (Wildman–Crippen LogP) is 2.60. The number of likely N-dealkylation sites (N-methyl/N-ethyl adjacent to an activating group) is 1. The Morgan fingerprint density at radius 1 is 1.04 bits per heavy atom. The van der Waals surface area contributed by atoms with Gasteiger partial charge in [-0.05, 0) is 51.1 Å². The minimum absolute atomic E-state index is 0.145. The van der Waals surface area contributed by atoms with Gasteiger partial charge in [0.15, 0.2) is 0 Å². The normalized spacial score (nSPS) is 19.7. The van der Waals surface area contributed by atoms with Crippen LogP contribution in [0.2, 0.25) is 0 Å². The Hall–Kier alpha value is -1.82. The van der Waals surface area contributed by atoms with Crippen LogP contribution in [0, 0.1) is 5.82 Å². The highest BCUT2D eigenvalue weighted by molar-refractivity contribution is 5.89. The fraction of sp³-hybridized carbons (Fsp3) is 0.588. The number of nitrogens with zero attached hydrogens (tertiary/aromatic N) is 3. The third-order valence-corrected chi connectivity index (χ3v) is 4.65. The summed E-state index contributed by atoms with van der Waals surface area (Å²) >= 11 is 0. The topological polar surface area (TPSA) is 38.8 Å². The Balaban J connectivity index is 1.63. The highest BCUT2D eigenvalue weighted by Gasteiger charge is 2.19. The van der Waals surface area contributed by atoms with Crippen molar-refractivity contribution in [3.8, 4) is 0 Å². The summed E-state index contributed by atoms with van der Waals surface area (Å²) in [5.74, 6) is -0.264. The van der Waals surface area contributed by atoms with E-state index in [0.29, 0.717) is 17.9 Å². The summed E-state index contributed by atoms with van der Waals surface area (Å²) in [6.07, 6.45) is 3.19. The van der Waals surface area contributed by atoms with Gasteiger partial charge in [-0.1, -0.05) is 0 Å². The molecule has 0 saturated carbocycles. The van der Waals surface area contributed by atoms with Crippen LogP contribution >= 0.6 is 0 Å².